The zero-order chi connectivity index (χ0) is 19.1. The highest BCUT2D eigenvalue weighted by atomic mass is 32.2. The standard InChI is InChI=1S/C20H23NO4S/c1-4-25-19(22)20(21)17(15-9-5-13(2)6-10-15)18(20)26(23,24)16-11-7-14(3)8-12-16/h5-12,17-18H,4,21H2,1-3H3/t17-,18-,20+/m1/s1. The first-order chi connectivity index (χ1) is 12.2. The second-order valence-electron chi connectivity index (χ2n) is 6.82. The maximum Gasteiger partial charge on any atom is 0.328 e. The number of esters is 1. The molecule has 1 aliphatic carbocycles. The van der Waals surface area contributed by atoms with Crippen molar-refractivity contribution >= 4 is 15.8 Å². The first kappa shape index (κ1) is 18.6. The van der Waals surface area contributed by atoms with Crippen molar-refractivity contribution in [3.63, 3.8) is 0 Å². The average Bonchev–Trinajstić information content (AvgIpc) is 3.25. The topological polar surface area (TPSA) is 86.5 Å². The smallest absolute Gasteiger partial charge is 0.328 e. The van der Waals surface area contributed by atoms with E-state index in [1.54, 1.807) is 31.2 Å². The Labute approximate surface area is 154 Å². The number of hydrogen-bond acceptors (Lipinski definition) is 5. The van der Waals surface area contributed by atoms with Crippen LogP contribution in [0.4, 0.5) is 0 Å². The third-order valence-electron chi connectivity index (χ3n) is 4.93. The number of hydrogen-bond donors (Lipinski definition) is 1. The SMILES string of the molecule is CCOC(=O)[C@]1(N)[C@H](c2ccc(C)cc2)[C@H]1S(=O)(=O)c1ccc(C)cc1. The molecule has 2 aromatic rings. The molecule has 6 heteroatoms. The van der Waals surface area contributed by atoms with Crippen LogP contribution in [-0.2, 0) is 19.4 Å². The lowest BCUT2D eigenvalue weighted by molar-refractivity contribution is -0.145. The molecule has 26 heavy (non-hydrogen) atoms. The molecule has 0 saturated heterocycles. The van der Waals surface area contributed by atoms with Gasteiger partial charge in [-0.2, -0.15) is 0 Å². The van der Waals surface area contributed by atoms with Crippen LogP contribution in [0.25, 0.3) is 0 Å². The second-order valence-corrected chi connectivity index (χ2v) is 8.89. The van der Waals surface area contributed by atoms with Crippen molar-refractivity contribution in [3.8, 4) is 0 Å². The second kappa shape index (κ2) is 6.52. The van der Waals surface area contributed by atoms with E-state index in [1.165, 1.54) is 0 Å². The Bertz CT molecular complexity index is 919. The number of nitrogens with two attached hydrogens (primary N) is 1. The average molecular weight is 373 g/mol. The van der Waals surface area contributed by atoms with Gasteiger partial charge in [0.1, 0.15) is 10.8 Å². The molecule has 3 rings (SSSR count). The number of carbonyl (C=O) groups excluding carboxylic acids is 1. The van der Waals surface area contributed by atoms with Gasteiger partial charge in [-0.1, -0.05) is 47.5 Å². The Balaban J connectivity index is 2.06. The van der Waals surface area contributed by atoms with Crippen LogP contribution in [-0.4, -0.2) is 31.8 Å². The summed E-state index contributed by atoms with van der Waals surface area (Å²) >= 11 is 0. The summed E-state index contributed by atoms with van der Waals surface area (Å²) in [6.07, 6.45) is 0. The van der Waals surface area contributed by atoms with E-state index in [2.05, 4.69) is 0 Å². The van der Waals surface area contributed by atoms with Gasteiger partial charge in [0.2, 0.25) is 0 Å². The molecule has 0 heterocycles. The summed E-state index contributed by atoms with van der Waals surface area (Å²) in [5, 5.41) is -1.04. The van der Waals surface area contributed by atoms with E-state index < -0.39 is 32.5 Å². The zero-order valence-electron chi connectivity index (χ0n) is 15.1. The fourth-order valence-electron chi connectivity index (χ4n) is 3.41. The van der Waals surface area contributed by atoms with Crippen molar-refractivity contribution in [2.75, 3.05) is 6.61 Å². The lowest BCUT2D eigenvalue weighted by Crippen LogP contribution is -2.41. The highest BCUT2D eigenvalue weighted by molar-refractivity contribution is 7.92. The number of aryl methyl sites for hydroxylation is 2. The van der Waals surface area contributed by atoms with E-state index in [-0.39, 0.29) is 11.5 Å². The molecule has 1 saturated carbocycles. The summed E-state index contributed by atoms with van der Waals surface area (Å²) < 4.78 is 31.5. The van der Waals surface area contributed by atoms with E-state index in [1.807, 2.05) is 38.1 Å². The Morgan fingerprint density at radius 3 is 2.04 bits per heavy atom. The summed E-state index contributed by atoms with van der Waals surface area (Å²) in [4.78, 5) is 12.7. The van der Waals surface area contributed by atoms with Gasteiger partial charge in [0.15, 0.2) is 9.84 Å². The molecule has 1 fully saturated rings. The number of ether oxygens (including phenoxy) is 1. The third kappa shape index (κ3) is 2.93. The predicted octanol–water partition coefficient (Wildman–Crippen LogP) is 2.50. The van der Waals surface area contributed by atoms with Gasteiger partial charge in [-0.05, 0) is 38.5 Å². The minimum absolute atomic E-state index is 0.149. The minimum atomic E-state index is -3.79. The highest BCUT2D eigenvalue weighted by Crippen LogP contribution is 2.56. The minimum Gasteiger partial charge on any atom is -0.465 e. The van der Waals surface area contributed by atoms with Gasteiger partial charge in [-0.3, -0.25) is 0 Å². The molecule has 1 aliphatic rings. The summed E-state index contributed by atoms with van der Waals surface area (Å²) in [7, 11) is -3.79. The normalized spacial score (nSPS) is 24.9. The Hall–Kier alpha value is -2.18. The lowest BCUT2D eigenvalue weighted by atomic mass is 10.1. The molecule has 5 nitrogen and oxygen atoms in total. The van der Waals surface area contributed by atoms with Gasteiger partial charge in [0.25, 0.3) is 0 Å². The molecule has 0 unspecified atom stereocenters. The van der Waals surface area contributed by atoms with Crippen LogP contribution in [0.3, 0.4) is 0 Å². The molecule has 2 N–H and O–H groups in total. The first-order valence-electron chi connectivity index (χ1n) is 8.56. The Morgan fingerprint density at radius 1 is 1.04 bits per heavy atom. The Morgan fingerprint density at radius 2 is 1.54 bits per heavy atom. The van der Waals surface area contributed by atoms with Crippen LogP contribution in [0, 0.1) is 13.8 Å². The van der Waals surface area contributed by atoms with E-state index >= 15 is 0 Å². The van der Waals surface area contributed by atoms with Crippen LogP contribution in [0.15, 0.2) is 53.4 Å². The molecule has 0 aromatic heterocycles. The van der Waals surface area contributed by atoms with Crippen molar-refractivity contribution in [1.82, 2.24) is 0 Å². The van der Waals surface area contributed by atoms with E-state index in [4.69, 9.17) is 10.5 Å². The number of benzene rings is 2. The summed E-state index contributed by atoms with van der Waals surface area (Å²) in [6.45, 7) is 5.65. The van der Waals surface area contributed by atoms with Crippen molar-refractivity contribution < 1.29 is 17.9 Å². The summed E-state index contributed by atoms with van der Waals surface area (Å²) in [5.41, 5.74) is 7.49. The molecule has 138 valence electrons. The van der Waals surface area contributed by atoms with Gasteiger partial charge in [-0.15, -0.1) is 0 Å². The number of rotatable bonds is 5. The summed E-state index contributed by atoms with van der Waals surface area (Å²) in [6, 6.07) is 14.0. The molecule has 0 amide bonds. The van der Waals surface area contributed by atoms with Crippen molar-refractivity contribution in [1.29, 1.82) is 0 Å². The van der Waals surface area contributed by atoms with Crippen molar-refractivity contribution in [2.45, 2.75) is 42.4 Å². The first-order valence-corrected chi connectivity index (χ1v) is 10.1. The third-order valence-corrected chi connectivity index (χ3v) is 7.19. The molecule has 3 atom stereocenters. The van der Waals surface area contributed by atoms with E-state index in [9.17, 15) is 13.2 Å². The quantitative estimate of drug-likeness (QED) is 0.814. The van der Waals surface area contributed by atoms with Crippen LogP contribution < -0.4 is 5.73 Å². The van der Waals surface area contributed by atoms with Gasteiger partial charge >= 0.3 is 5.97 Å². The van der Waals surface area contributed by atoms with Crippen LogP contribution in [0.1, 0.15) is 29.5 Å². The fourth-order valence-corrected chi connectivity index (χ4v) is 5.64. The highest BCUT2D eigenvalue weighted by Gasteiger charge is 2.74. The molecule has 0 radical (unpaired) electrons. The number of carbonyl (C=O) groups is 1. The molecule has 0 bridgehead atoms. The lowest BCUT2D eigenvalue weighted by Gasteiger charge is -2.11. The molecular formula is C20H23NO4S. The van der Waals surface area contributed by atoms with Crippen LogP contribution in [0.2, 0.25) is 0 Å². The van der Waals surface area contributed by atoms with Crippen LogP contribution >= 0.6 is 0 Å². The van der Waals surface area contributed by atoms with Crippen molar-refractivity contribution in [3.05, 3.63) is 65.2 Å². The molecule has 0 aliphatic heterocycles. The maximum atomic E-state index is 13.2. The van der Waals surface area contributed by atoms with Crippen molar-refractivity contribution in [2.24, 2.45) is 5.73 Å². The van der Waals surface area contributed by atoms with Gasteiger partial charge in [0.05, 0.1) is 11.5 Å². The fraction of sp³-hybridized carbons (Fsp3) is 0.350. The monoisotopic (exact) mass is 373 g/mol. The van der Waals surface area contributed by atoms with Crippen LogP contribution in [0.5, 0.6) is 0 Å². The predicted molar refractivity (Wildman–Crippen MR) is 99.6 cm³/mol. The molecule has 2 aromatic carbocycles. The van der Waals surface area contributed by atoms with Gasteiger partial charge in [0, 0.05) is 5.92 Å². The van der Waals surface area contributed by atoms with Gasteiger partial charge < -0.3 is 10.5 Å². The maximum absolute atomic E-state index is 13.2. The van der Waals surface area contributed by atoms with Gasteiger partial charge in [-0.25, -0.2) is 13.2 Å². The molecule has 0 spiro atoms. The summed E-state index contributed by atoms with van der Waals surface area (Å²) in [5.74, 6) is -1.31. The Kier molecular flexibility index (Phi) is 4.67. The number of sulfone groups is 1. The largest absolute Gasteiger partial charge is 0.465 e. The van der Waals surface area contributed by atoms with E-state index in [0.717, 1.165) is 16.7 Å². The molecular weight excluding hydrogens is 350 g/mol. The van der Waals surface area contributed by atoms with E-state index in [0.29, 0.717) is 0 Å². The zero-order valence-corrected chi connectivity index (χ0v) is 15.9.